The maximum atomic E-state index is 12.6. The van der Waals surface area contributed by atoms with Crippen LogP contribution in [0.15, 0.2) is 65.1 Å². The van der Waals surface area contributed by atoms with Gasteiger partial charge in [0.05, 0.1) is 35.2 Å². The van der Waals surface area contributed by atoms with Crippen LogP contribution in [0.3, 0.4) is 0 Å². The number of fused-ring (bicyclic) bond motifs is 4. The molecule has 8 rings (SSSR count). The third kappa shape index (κ3) is 7.11. The minimum atomic E-state index is -0.0136. The van der Waals surface area contributed by atoms with Crippen LogP contribution in [0.2, 0.25) is 0 Å². The number of amidine groups is 1. The molecule has 262 valence electrons. The molecule has 4 aromatic rings. The minimum Gasteiger partial charge on any atom is -0.494 e. The van der Waals surface area contributed by atoms with E-state index in [-0.39, 0.29) is 23.7 Å². The van der Waals surface area contributed by atoms with E-state index in [1.807, 2.05) is 43.3 Å². The summed E-state index contributed by atoms with van der Waals surface area (Å²) in [6.07, 6.45) is 5.95. The topological polar surface area (TPSA) is 130 Å². The summed E-state index contributed by atoms with van der Waals surface area (Å²) >= 11 is 1.65. The number of pyridine rings is 1. The van der Waals surface area contributed by atoms with E-state index < -0.39 is 0 Å². The second-order valence-electron chi connectivity index (χ2n) is 13.6. The van der Waals surface area contributed by atoms with E-state index in [9.17, 15) is 9.59 Å². The molecule has 0 unspecified atom stereocenters. The largest absolute Gasteiger partial charge is 0.494 e. The zero-order valence-corrected chi connectivity index (χ0v) is 29.7. The van der Waals surface area contributed by atoms with E-state index in [2.05, 4.69) is 39.0 Å². The molecule has 0 spiro atoms. The molecule has 10 nitrogen and oxygen atoms in total. The number of likely N-dealkylation sites (tertiary alicyclic amines) is 1. The van der Waals surface area contributed by atoms with Crippen molar-refractivity contribution in [2.75, 3.05) is 57.3 Å². The third-order valence-electron chi connectivity index (χ3n) is 10.5. The zero-order valence-electron chi connectivity index (χ0n) is 28.9. The molecular formula is C39H47N7O3S. The molecule has 1 aromatic heterocycles. The molecule has 1 saturated carbocycles. The van der Waals surface area contributed by atoms with E-state index in [0.29, 0.717) is 24.5 Å². The molecule has 0 radical (unpaired) electrons. The molecule has 11 heteroatoms. The summed E-state index contributed by atoms with van der Waals surface area (Å²) in [6, 6.07) is 19.9. The Labute approximate surface area is 298 Å². The van der Waals surface area contributed by atoms with Gasteiger partial charge in [0, 0.05) is 60.5 Å². The number of piperazine rings is 1. The number of hydrogen-bond donors (Lipinski definition) is 2. The van der Waals surface area contributed by atoms with Crippen LogP contribution < -0.4 is 16.2 Å². The number of aromatic nitrogens is 1. The summed E-state index contributed by atoms with van der Waals surface area (Å²) in [6.45, 7) is 8.30. The lowest BCUT2D eigenvalue weighted by molar-refractivity contribution is -0.140. The van der Waals surface area contributed by atoms with Gasteiger partial charge in [-0.15, -0.1) is 0 Å². The summed E-state index contributed by atoms with van der Waals surface area (Å²) in [5, 5.41) is 1.82. The number of nitrogens with zero attached hydrogens (tertiary/aromatic N) is 5. The summed E-state index contributed by atoms with van der Waals surface area (Å²) in [5.74, 6) is 3.09. The van der Waals surface area contributed by atoms with Gasteiger partial charge in [-0.05, 0) is 93.1 Å². The number of nitrogen functional groups attached to an aromatic ring is 2. The van der Waals surface area contributed by atoms with Crippen LogP contribution in [0.4, 0.5) is 11.4 Å². The Hall–Kier alpha value is -4.35. The van der Waals surface area contributed by atoms with Crippen molar-refractivity contribution in [1.29, 1.82) is 0 Å². The number of benzene rings is 3. The maximum absolute atomic E-state index is 12.6. The van der Waals surface area contributed by atoms with Crippen LogP contribution >= 0.6 is 11.9 Å². The van der Waals surface area contributed by atoms with Gasteiger partial charge in [0.25, 0.3) is 0 Å². The van der Waals surface area contributed by atoms with E-state index in [0.717, 1.165) is 110 Å². The number of ether oxygens (including phenoxy) is 1. The highest BCUT2D eigenvalue weighted by atomic mass is 32.2. The van der Waals surface area contributed by atoms with Gasteiger partial charge in [0.1, 0.15) is 11.6 Å². The first kappa shape index (κ1) is 34.1. The Morgan fingerprint density at radius 1 is 0.840 bits per heavy atom. The predicted octanol–water partition coefficient (Wildman–Crippen LogP) is 6.12. The number of unbranched alkanes of at least 4 members (excludes halogenated alkanes) is 1. The molecule has 4 heterocycles. The summed E-state index contributed by atoms with van der Waals surface area (Å²) in [4.78, 5) is 36.3. The monoisotopic (exact) mass is 693 g/mol. The van der Waals surface area contributed by atoms with Crippen molar-refractivity contribution in [3.8, 4) is 5.75 Å². The lowest BCUT2D eigenvalue weighted by Crippen LogP contribution is -2.49. The minimum absolute atomic E-state index is 0.0136. The molecule has 3 aromatic carbocycles. The maximum Gasteiger partial charge on any atom is 0.233 e. The number of carbonyl (C=O) groups excluding carboxylic acids is 2. The molecule has 4 aliphatic rings. The van der Waals surface area contributed by atoms with Crippen LogP contribution in [0.25, 0.3) is 21.8 Å². The lowest BCUT2D eigenvalue weighted by Gasteiger charge is -2.37. The van der Waals surface area contributed by atoms with Crippen molar-refractivity contribution >= 4 is 62.8 Å². The zero-order chi connectivity index (χ0) is 34.6. The molecule has 3 aliphatic heterocycles. The molecule has 2 saturated heterocycles. The van der Waals surface area contributed by atoms with Crippen LogP contribution in [0, 0.1) is 11.8 Å². The molecule has 4 N–H and O–H groups in total. The number of hydrogen-bond acceptors (Lipinski definition) is 10. The first-order valence-corrected chi connectivity index (χ1v) is 19.0. The van der Waals surface area contributed by atoms with Crippen LogP contribution in [-0.4, -0.2) is 83.2 Å². The van der Waals surface area contributed by atoms with Gasteiger partial charge in [0.15, 0.2) is 0 Å². The molecule has 2 amide bonds. The molecule has 2 atom stereocenters. The fourth-order valence-electron chi connectivity index (χ4n) is 7.77. The average molecular weight is 694 g/mol. The van der Waals surface area contributed by atoms with Crippen molar-refractivity contribution < 1.29 is 14.3 Å². The van der Waals surface area contributed by atoms with Gasteiger partial charge < -0.3 is 21.1 Å². The lowest BCUT2D eigenvalue weighted by atomic mass is 9.81. The summed E-state index contributed by atoms with van der Waals surface area (Å²) in [7, 11) is 0. The second-order valence-corrected chi connectivity index (χ2v) is 14.4. The molecule has 50 heavy (non-hydrogen) atoms. The van der Waals surface area contributed by atoms with E-state index in [1.165, 1.54) is 11.1 Å². The van der Waals surface area contributed by atoms with E-state index in [4.69, 9.17) is 20.6 Å². The first-order chi connectivity index (χ1) is 24.4. The van der Waals surface area contributed by atoms with Crippen molar-refractivity contribution in [3.63, 3.8) is 0 Å². The standard InChI is InChI=1S/C24H32N4O2S.C15H15N3O/c29-23-20-9-3-4-10-21(20)24(30)28(23)12-6-5-11-26-13-15-27(16-14-26)22-19-8-2-1-7-18(19)17-31-25-22;1-2-19-10-4-6-13-12(8-10)15(17)11-5-3-9(16)7-14(11)18-13/h1-2,7-8,20-21H,3-6,9-17H2;3-8H,2,16H2,1H3,(H2,17,18)/t20-,21+;. The fourth-order valence-corrected chi connectivity index (χ4v) is 8.56. The van der Waals surface area contributed by atoms with Gasteiger partial charge >= 0.3 is 0 Å². The number of imide groups is 1. The normalized spacial score (nSPS) is 20.7. The highest BCUT2D eigenvalue weighted by Crippen LogP contribution is 2.38. The quantitative estimate of drug-likeness (QED) is 0.0773. The second kappa shape index (κ2) is 15.3. The van der Waals surface area contributed by atoms with Crippen LogP contribution in [-0.2, 0) is 15.3 Å². The van der Waals surface area contributed by atoms with Crippen LogP contribution in [0.5, 0.6) is 5.75 Å². The Morgan fingerprint density at radius 3 is 2.34 bits per heavy atom. The first-order valence-electron chi connectivity index (χ1n) is 18.0. The van der Waals surface area contributed by atoms with Gasteiger partial charge in [-0.2, -0.15) is 4.40 Å². The number of nitrogens with two attached hydrogens (primary N) is 2. The van der Waals surface area contributed by atoms with Crippen molar-refractivity contribution in [2.45, 2.75) is 51.2 Å². The van der Waals surface area contributed by atoms with Gasteiger partial charge in [-0.25, -0.2) is 4.98 Å². The summed E-state index contributed by atoms with van der Waals surface area (Å²) in [5.41, 5.74) is 17.7. The molecule has 0 bridgehead atoms. The van der Waals surface area contributed by atoms with Gasteiger partial charge in [-0.1, -0.05) is 37.1 Å². The number of carbonyl (C=O) groups is 2. The van der Waals surface area contributed by atoms with Crippen molar-refractivity contribution in [3.05, 3.63) is 71.8 Å². The predicted molar refractivity (Wildman–Crippen MR) is 203 cm³/mol. The number of anilines is 2. The van der Waals surface area contributed by atoms with Gasteiger partial charge in [0.2, 0.25) is 11.8 Å². The van der Waals surface area contributed by atoms with E-state index in [1.54, 1.807) is 16.8 Å². The van der Waals surface area contributed by atoms with Crippen molar-refractivity contribution in [2.24, 2.45) is 16.2 Å². The highest BCUT2D eigenvalue weighted by Gasteiger charge is 2.47. The van der Waals surface area contributed by atoms with E-state index >= 15 is 0 Å². The van der Waals surface area contributed by atoms with Gasteiger partial charge in [-0.3, -0.25) is 19.4 Å². The Balaban J connectivity index is 0.000000176. The van der Waals surface area contributed by atoms with Crippen LogP contribution in [0.1, 0.15) is 56.6 Å². The molecular weight excluding hydrogens is 647 g/mol. The third-order valence-corrected chi connectivity index (χ3v) is 11.2. The van der Waals surface area contributed by atoms with Crippen molar-refractivity contribution in [1.82, 2.24) is 19.7 Å². The Kier molecular flexibility index (Phi) is 10.4. The fraction of sp³-hybridized carbons (Fsp3) is 0.436. The smallest absolute Gasteiger partial charge is 0.233 e. The Bertz CT molecular complexity index is 1880. The SMILES string of the molecule is CCOc1ccc2nc3cc(N)ccc3c(N)c2c1.O=C1[C@H]2CCCC[C@H]2C(=O)N1CCCCN1CCN(C2=NSCc3ccccc32)CC1. The molecule has 1 aliphatic carbocycles. The average Bonchev–Trinajstić information content (AvgIpc) is 3.39. The highest BCUT2D eigenvalue weighted by molar-refractivity contribution is 7.97. The Morgan fingerprint density at radius 2 is 1.58 bits per heavy atom. The number of rotatable bonds is 7. The summed E-state index contributed by atoms with van der Waals surface area (Å²) < 4.78 is 10.3. The molecule has 3 fully saturated rings. The number of amides is 2.